The monoisotopic (exact) mass is 815 g/mol. The fourth-order valence-corrected chi connectivity index (χ4v) is 11.6. The summed E-state index contributed by atoms with van der Waals surface area (Å²) >= 11 is 0. The Kier molecular flexibility index (Phi) is 12.9. The van der Waals surface area contributed by atoms with E-state index in [1.165, 1.54) is 12.1 Å². The maximum absolute atomic E-state index is 14.5. The van der Waals surface area contributed by atoms with Crippen molar-refractivity contribution in [3.63, 3.8) is 0 Å². The Morgan fingerprint density at radius 2 is 0.655 bits per heavy atom. The van der Waals surface area contributed by atoms with E-state index >= 15 is 0 Å². The van der Waals surface area contributed by atoms with Crippen molar-refractivity contribution in [1.82, 2.24) is 21.3 Å². The van der Waals surface area contributed by atoms with E-state index in [-0.39, 0.29) is 78.8 Å². The lowest BCUT2D eigenvalue weighted by molar-refractivity contribution is -0.175. The van der Waals surface area contributed by atoms with Gasteiger partial charge in [0, 0.05) is 81.1 Å². The number of hydrogen-bond donors (Lipinski definition) is 6. The summed E-state index contributed by atoms with van der Waals surface area (Å²) in [5.41, 5.74) is -2.19. The van der Waals surface area contributed by atoms with E-state index in [9.17, 15) is 19.8 Å². The molecule has 4 fully saturated rings. The van der Waals surface area contributed by atoms with Gasteiger partial charge >= 0.3 is 11.9 Å². The van der Waals surface area contributed by atoms with Gasteiger partial charge < -0.3 is 50.4 Å². The van der Waals surface area contributed by atoms with Gasteiger partial charge in [-0.3, -0.25) is 0 Å². The average molecular weight is 815 g/mol. The second-order valence-corrected chi connectivity index (χ2v) is 23.5. The predicted octanol–water partition coefficient (Wildman–Crippen LogP) is 7.25. The molecule has 0 radical (unpaired) electrons. The van der Waals surface area contributed by atoms with E-state index in [0.717, 1.165) is 0 Å². The zero-order chi connectivity index (χ0) is 43.7. The predicted molar refractivity (Wildman–Crippen MR) is 227 cm³/mol. The molecule has 4 aliphatic heterocycles. The third kappa shape index (κ3) is 12.5. The fourth-order valence-electron chi connectivity index (χ4n) is 11.6. The maximum atomic E-state index is 14.5. The van der Waals surface area contributed by atoms with Gasteiger partial charge in [-0.1, -0.05) is 0 Å². The molecule has 4 heterocycles. The van der Waals surface area contributed by atoms with Crippen LogP contribution in [0.1, 0.15) is 207 Å². The molecule has 0 bridgehead atoms. The molecule has 330 valence electrons. The van der Waals surface area contributed by atoms with Crippen LogP contribution in [0.2, 0.25) is 0 Å². The van der Waals surface area contributed by atoms with Crippen molar-refractivity contribution in [2.45, 2.75) is 243 Å². The van der Waals surface area contributed by atoms with E-state index in [0.29, 0.717) is 51.4 Å². The molecule has 0 amide bonds. The quantitative estimate of drug-likeness (QED) is 0.104. The number of aliphatic hydroxyl groups excluding tert-OH is 2. The number of carbonyl (C=O) groups excluding carboxylic acids is 2. The third-order valence-electron chi connectivity index (χ3n) is 12.0. The Morgan fingerprint density at radius 3 is 0.879 bits per heavy atom. The van der Waals surface area contributed by atoms with Gasteiger partial charge in [-0.25, -0.2) is 9.59 Å². The van der Waals surface area contributed by atoms with Crippen LogP contribution in [0.25, 0.3) is 0 Å². The molecule has 58 heavy (non-hydrogen) atoms. The summed E-state index contributed by atoms with van der Waals surface area (Å²) in [6, 6.07) is 2.90. The number of aliphatic hydroxyl groups is 2. The van der Waals surface area contributed by atoms with E-state index in [2.05, 4.69) is 132 Å². The largest absolute Gasteiger partial charge is 0.459 e. The lowest BCUT2D eigenvalue weighted by atomic mass is 9.80. The number of nitrogens with one attached hydrogen (secondary N) is 4. The van der Waals surface area contributed by atoms with E-state index in [1.54, 1.807) is 0 Å². The first kappa shape index (κ1) is 46.9. The molecule has 0 aromatic heterocycles. The van der Waals surface area contributed by atoms with E-state index < -0.39 is 36.7 Å². The van der Waals surface area contributed by atoms with Gasteiger partial charge in [0.15, 0.2) is 12.6 Å². The lowest BCUT2D eigenvalue weighted by Crippen LogP contribution is -2.60. The third-order valence-corrected chi connectivity index (χ3v) is 12.0. The minimum Gasteiger partial charge on any atom is -0.459 e. The summed E-state index contributed by atoms with van der Waals surface area (Å²) in [4.78, 5) is 29.1. The summed E-state index contributed by atoms with van der Waals surface area (Å²) in [6.07, 6.45) is -0.0214. The Morgan fingerprint density at radius 1 is 0.448 bits per heavy atom. The van der Waals surface area contributed by atoms with Crippen LogP contribution in [0, 0.1) is 0 Å². The average Bonchev–Trinajstić information content (AvgIpc) is 2.93. The second kappa shape index (κ2) is 15.9. The Hall–Kier alpha value is -2.16. The Labute approximate surface area is 349 Å². The topological polar surface area (TPSA) is 160 Å². The van der Waals surface area contributed by atoms with Gasteiger partial charge in [0.2, 0.25) is 0 Å². The molecule has 1 aromatic carbocycles. The second-order valence-electron chi connectivity index (χ2n) is 23.5. The van der Waals surface area contributed by atoms with Crippen LogP contribution in [0.3, 0.4) is 0 Å². The number of esters is 2. The minimum absolute atomic E-state index is 0.0599. The van der Waals surface area contributed by atoms with Crippen LogP contribution in [-0.2, 0) is 18.9 Å². The standard InChI is InChI=1S/C46H78N4O8/c1-39(2)19-27(20-40(3,4)47-39)55-35(51)31-17-33(37(53)57-29-23-43(9,10)49-44(11,12)24-29)34(38(54)58-30-25-45(13,14)50-46(15,16)26-30)18-32(31)36(52)56-28-21-41(5,6)48-42(7,8)22-28/h17-18,27-30,35-36,47-52H,19-26H2,1-16H3. The molecule has 0 saturated carbocycles. The number of rotatable bonds is 10. The van der Waals surface area contributed by atoms with Gasteiger partial charge in [0.05, 0.1) is 23.3 Å². The molecule has 2 unspecified atom stereocenters. The lowest BCUT2D eigenvalue weighted by Gasteiger charge is -2.47. The summed E-state index contributed by atoms with van der Waals surface area (Å²) in [5.74, 6) is -1.42. The van der Waals surface area contributed by atoms with Gasteiger partial charge in [-0.05, 0) is 149 Å². The first-order valence-corrected chi connectivity index (χ1v) is 21.6. The summed E-state index contributed by atoms with van der Waals surface area (Å²) in [6.45, 7) is 33.4. The molecule has 6 N–H and O–H groups in total. The fraction of sp³-hybridized carbons (Fsp3) is 0.826. The number of hydrogen-bond acceptors (Lipinski definition) is 12. The Balaban J connectivity index is 1.60. The summed E-state index contributed by atoms with van der Waals surface area (Å²) in [7, 11) is 0. The number of benzene rings is 1. The van der Waals surface area contributed by atoms with E-state index in [4.69, 9.17) is 18.9 Å². The van der Waals surface area contributed by atoms with Crippen molar-refractivity contribution in [3.05, 3.63) is 34.4 Å². The zero-order valence-corrected chi connectivity index (χ0v) is 38.6. The van der Waals surface area contributed by atoms with Crippen LogP contribution in [0.15, 0.2) is 12.1 Å². The molecule has 1 aromatic rings. The summed E-state index contributed by atoms with van der Waals surface area (Å²) < 4.78 is 25.5. The molecule has 12 heteroatoms. The molecular formula is C46H78N4O8. The van der Waals surface area contributed by atoms with Crippen molar-refractivity contribution in [2.75, 3.05) is 0 Å². The van der Waals surface area contributed by atoms with Crippen molar-refractivity contribution in [2.24, 2.45) is 0 Å². The smallest absolute Gasteiger partial charge is 0.339 e. The van der Waals surface area contributed by atoms with Gasteiger partial charge in [-0.15, -0.1) is 0 Å². The van der Waals surface area contributed by atoms with Gasteiger partial charge in [-0.2, -0.15) is 0 Å². The summed E-state index contributed by atoms with van der Waals surface area (Å²) in [5, 5.41) is 38.7. The molecule has 0 spiro atoms. The number of piperidine rings is 4. The molecule has 4 aliphatic rings. The van der Waals surface area contributed by atoms with Crippen LogP contribution < -0.4 is 21.3 Å². The van der Waals surface area contributed by atoms with Crippen molar-refractivity contribution in [3.8, 4) is 0 Å². The van der Waals surface area contributed by atoms with Gasteiger partial charge in [0.1, 0.15) is 12.2 Å². The Bertz CT molecular complexity index is 1500. The first-order valence-electron chi connectivity index (χ1n) is 21.6. The minimum atomic E-state index is -1.57. The maximum Gasteiger partial charge on any atom is 0.339 e. The number of carbonyl (C=O) groups is 2. The van der Waals surface area contributed by atoms with Crippen LogP contribution >= 0.6 is 0 Å². The van der Waals surface area contributed by atoms with E-state index in [1.807, 2.05) is 0 Å². The highest BCUT2D eigenvalue weighted by Gasteiger charge is 2.44. The van der Waals surface area contributed by atoms with Gasteiger partial charge in [0.25, 0.3) is 0 Å². The van der Waals surface area contributed by atoms with Crippen molar-refractivity contribution >= 4 is 11.9 Å². The highest BCUT2D eigenvalue weighted by molar-refractivity contribution is 6.03. The van der Waals surface area contributed by atoms with Crippen LogP contribution in [0.5, 0.6) is 0 Å². The molecule has 2 atom stereocenters. The van der Waals surface area contributed by atoms with Crippen molar-refractivity contribution < 1.29 is 38.7 Å². The SMILES string of the molecule is CC1(C)CC(OC(=O)c2cc(C(O)OC3CC(C)(C)NC(C)(C)C3)c(C(O)OC3CC(C)(C)NC(C)(C)C3)cc2C(=O)OC2CC(C)(C)NC(C)(C)C2)CC(C)(C)N1. The zero-order valence-electron chi connectivity index (χ0n) is 38.6. The molecule has 12 nitrogen and oxygen atoms in total. The molecule has 4 saturated heterocycles. The highest BCUT2D eigenvalue weighted by atomic mass is 16.6. The molecule has 5 rings (SSSR count). The highest BCUT2D eigenvalue weighted by Crippen LogP contribution is 2.40. The van der Waals surface area contributed by atoms with Crippen molar-refractivity contribution in [1.29, 1.82) is 0 Å². The first-order chi connectivity index (χ1) is 26.1. The van der Waals surface area contributed by atoms with Crippen LogP contribution in [-0.4, -0.2) is 90.9 Å². The normalized spacial score (nSPS) is 27.6. The molecule has 0 aliphatic carbocycles. The number of ether oxygens (including phenoxy) is 4. The van der Waals surface area contributed by atoms with Crippen LogP contribution in [0.4, 0.5) is 0 Å². The molecular weight excluding hydrogens is 737 g/mol.